The van der Waals surface area contributed by atoms with Crippen LogP contribution in [0.4, 0.5) is 8.78 Å². The summed E-state index contributed by atoms with van der Waals surface area (Å²) < 4.78 is 26.9. The molecule has 2 rings (SSSR count). The minimum atomic E-state index is -2.61. The number of amides is 1. The van der Waals surface area contributed by atoms with Crippen LogP contribution in [-0.4, -0.2) is 29.8 Å². The van der Waals surface area contributed by atoms with E-state index in [0.717, 1.165) is 9.35 Å². The van der Waals surface area contributed by atoms with Crippen LogP contribution in [-0.2, 0) is 0 Å². The second-order valence-corrected chi connectivity index (χ2v) is 6.59. The van der Waals surface area contributed by atoms with E-state index in [1.54, 1.807) is 6.07 Å². The molecule has 0 saturated carbocycles. The molecule has 0 N–H and O–H groups in total. The fourth-order valence-electron chi connectivity index (χ4n) is 1.76. The number of rotatable bonds is 1. The number of aryl methyl sites for hydroxylation is 1. The van der Waals surface area contributed by atoms with Gasteiger partial charge in [-0.1, -0.05) is 0 Å². The first-order valence-corrected chi connectivity index (χ1v) is 6.93. The number of alkyl halides is 2. The summed E-state index contributed by atoms with van der Waals surface area (Å²) in [4.78, 5) is 14.2. The van der Waals surface area contributed by atoms with Gasteiger partial charge in [-0.2, -0.15) is 0 Å². The van der Waals surface area contributed by atoms with Crippen molar-refractivity contribution >= 4 is 33.2 Å². The van der Waals surface area contributed by atoms with Gasteiger partial charge in [0.15, 0.2) is 0 Å². The highest BCUT2D eigenvalue weighted by Gasteiger charge is 2.36. The van der Waals surface area contributed by atoms with E-state index in [4.69, 9.17) is 0 Å². The van der Waals surface area contributed by atoms with Crippen molar-refractivity contribution in [3.63, 3.8) is 0 Å². The molecule has 2 heterocycles. The SMILES string of the molecule is Cc1cc(C(=O)N2CCC(F)(F)CC2)sc1Br. The van der Waals surface area contributed by atoms with Gasteiger partial charge >= 0.3 is 0 Å². The number of thiophene rings is 1. The third-order valence-corrected chi connectivity index (χ3v) is 4.97. The number of halogens is 3. The Morgan fingerprint density at radius 1 is 1.47 bits per heavy atom. The summed E-state index contributed by atoms with van der Waals surface area (Å²) in [5.41, 5.74) is 1.00. The molecular formula is C11H12BrF2NOS. The number of hydrogen-bond donors (Lipinski definition) is 0. The Labute approximate surface area is 111 Å². The number of nitrogens with zero attached hydrogens (tertiary/aromatic N) is 1. The maximum atomic E-state index is 13.0. The lowest BCUT2D eigenvalue weighted by molar-refractivity contribution is -0.0493. The monoisotopic (exact) mass is 323 g/mol. The van der Waals surface area contributed by atoms with Crippen LogP contribution in [0.25, 0.3) is 0 Å². The zero-order chi connectivity index (χ0) is 12.6. The van der Waals surface area contributed by atoms with Gasteiger partial charge in [-0.25, -0.2) is 8.78 Å². The molecule has 1 aromatic heterocycles. The zero-order valence-electron chi connectivity index (χ0n) is 9.30. The molecule has 1 aliphatic rings. The summed E-state index contributed by atoms with van der Waals surface area (Å²) >= 11 is 4.71. The summed E-state index contributed by atoms with van der Waals surface area (Å²) in [5.74, 6) is -2.75. The van der Waals surface area contributed by atoms with Gasteiger partial charge in [0.05, 0.1) is 8.66 Å². The van der Waals surface area contributed by atoms with Gasteiger partial charge < -0.3 is 4.90 Å². The molecule has 1 aliphatic heterocycles. The van der Waals surface area contributed by atoms with Gasteiger partial charge in [-0.05, 0) is 34.5 Å². The number of likely N-dealkylation sites (tertiary alicyclic amines) is 1. The van der Waals surface area contributed by atoms with Gasteiger partial charge in [0.25, 0.3) is 11.8 Å². The Morgan fingerprint density at radius 2 is 2.06 bits per heavy atom. The van der Waals surface area contributed by atoms with Crippen molar-refractivity contribution in [3.8, 4) is 0 Å². The molecule has 0 radical (unpaired) electrons. The molecule has 0 atom stereocenters. The molecule has 0 bridgehead atoms. The Kier molecular flexibility index (Phi) is 3.54. The molecule has 0 aliphatic carbocycles. The van der Waals surface area contributed by atoms with Crippen molar-refractivity contribution in [2.75, 3.05) is 13.1 Å². The van der Waals surface area contributed by atoms with Crippen molar-refractivity contribution in [3.05, 3.63) is 20.3 Å². The zero-order valence-corrected chi connectivity index (χ0v) is 11.7. The van der Waals surface area contributed by atoms with Gasteiger partial charge in [0.2, 0.25) is 0 Å². The highest BCUT2D eigenvalue weighted by molar-refractivity contribution is 9.11. The van der Waals surface area contributed by atoms with Crippen LogP contribution < -0.4 is 0 Å². The third kappa shape index (κ3) is 2.85. The molecule has 17 heavy (non-hydrogen) atoms. The molecule has 0 unspecified atom stereocenters. The smallest absolute Gasteiger partial charge is 0.263 e. The molecule has 1 amide bonds. The number of carbonyl (C=O) groups is 1. The highest BCUT2D eigenvalue weighted by atomic mass is 79.9. The normalized spacial score (nSPS) is 19.4. The van der Waals surface area contributed by atoms with Crippen LogP contribution in [0.2, 0.25) is 0 Å². The fourth-order valence-corrected chi connectivity index (χ4v) is 3.26. The molecule has 1 aromatic rings. The van der Waals surface area contributed by atoms with E-state index in [0.29, 0.717) is 4.88 Å². The average Bonchev–Trinajstić information content (AvgIpc) is 2.58. The fraction of sp³-hybridized carbons (Fsp3) is 0.545. The number of hydrogen-bond acceptors (Lipinski definition) is 2. The van der Waals surface area contributed by atoms with Crippen LogP contribution in [0.5, 0.6) is 0 Å². The maximum absolute atomic E-state index is 13.0. The molecule has 2 nitrogen and oxygen atoms in total. The summed E-state index contributed by atoms with van der Waals surface area (Å²) in [6.07, 6.45) is -0.464. The minimum absolute atomic E-state index is 0.139. The van der Waals surface area contributed by atoms with Gasteiger partial charge in [0.1, 0.15) is 0 Å². The Bertz CT molecular complexity index is 417. The van der Waals surface area contributed by atoms with E-state index in [9.17, 15) is 13.6 Å². The van der Waals surface area contributed by atoms with Crippen molar-refractivity contribution in [2.45, 2.75) is 25.7 Å². The van der Waals surface area contributed by atoms with Crippen molar-refractivity contribution in [1.82, 2.24) is 4.90 Å². The Hall–Kier alpha value is -0.490. The second kappa shape index (κ2) is 4.65. The van der Waals surface area contributed by atoms with Crippen LogP contribution in [0, 0.1) is 6.92 Å². The lowest BCUT2D eigenvalue weighted by Crippen LogP contribution is -2.42. The summed E-state index contributed by atoms with van der Waals surface area (Å²) in [5, 5.41) is 0. The first-order chi connectivity index (χ1) is 7.89. The summed E-state index contributed by atoms with van der Waals surface area (Å²) in [6.45, 7) is 2.18. The first-order valence-electron chi connectivity index (χ1n) is 5.32. The molecule has 1 fully saturated rings. The predicted octanol–water partition coefficient (Wildman–Crippen LogP) is 3.69. The third-order valence-electron chi connectivity index (χ3n) is 2.85. The van der Waals surface area contributed by atoms with E-state index >= 15 is 0 Å². The van der Waals surface area contributed by atoms with Crippen LogP contribution in [0.15, 0.2) is 9.85 Å². The molecule has 94 valence electrons. The van der Waals surface area contributed by atoms with E-state index in [1.807, 2.05) is 6.92 Å². The quantitative estimate of drug-likeness (QED) is 0.771. The van der Waals surface area contributed by atoms with E-state index < -0.39 is 5.92 Å². The second-order valence-electron chi connectivity index (χ2n) is 4.22. The summed E-state index contributed by atoms with van der Waals surface area (Å²) in [6, 6.07) is 1.80. The van der Waals surface area contributed by atoms with Crippen molar-refractivity contribution in [1.29, 1.82) is 0 Å². The number of piperidine rings is 1. The lowest BCUT2D eigenvalue weighted by Gasteiger charge is -2.31. The van der Waals surface area contributed by atoms with E-state index in [1.165, 1.54) is 16.2 Å². The summed E-state index contributed by atoms with van der Waals surface area (Å²) in [7, 11) is 0. The van der Waals surface area contributed by atoms with Crippen LogP contribution in [0.1, 0.15) is 28.1 Å². The van der Waals surface area contributed by atoms with E-state index in [-0.39, 0.29) is 31.8 Å². The van der Waals surface area contributed by atoms with Crippen LogP contribution in [0.3, 0.4) is 0 Å². The predicted molar refractivity (Wildman–Crippen MR) is 66.8 cm³/mol. The average molecular weight is 324 g/mol. The Morgan fingerprint density at radius 3 is 2.53 bits per heavy atom. The van der Waals surface area contributed by atoms with Crippen molar-refractivity contribution in [2.24, 2.45) is 0 Å². The molecule has 6 heteroatoms. The molecule has 0 spiro atoms. The van der Waals surface area contributed by atoms with E-state index in [2.05, 4.69) is 15.9 Å². The maximum Gasteiger partial charge on any atom is 0.263 e. The molecule has 0 aromatic carbocycles. The highest BCUT2D eigenvalue weighted by Crippen LogP contribution is 2.31. The molecular weight excluding hydrogens is 312 g/mol. The van der Waals surface area contributed by atoms with Gasteiger partial charge in [0, 0.05) is 25.9 Å². The van der Waals surface area contributed by atoms with Gasteiger partial charge in [-0.15, -0.1) is 11.3 Å². The topological polar surface area (TPSA) is 20.3 Å². The van der Waals surface area contributed by atoms with Gasteiger partial charge in [-0.3, -0.25) is 4.79 Å². The molecule has 1 saturated heterocycles. The standard InChI is InChI=1S/C11H12BrF2NOS/c1-7-6-8(17-9(7)12)10(16)15-4-2-11(13,14)3-5-15/h6H,2-5H2,1H3. The Balaban J connectivity index is 2.07. The van der Waals surface area contributed by atoms with Crippen LogP contribution >= 0.6 is 27.3 Å². The largest absolute Gasteiger partial charge is 0.338 e. The first kappa shape index (κ1) is 13.0. The van der Waals surface area contributed by atoms with Crippen molar-refractivity contribution < 1.29 is 13.6 Å². The number of carbonyl (C=O) groups excluding carboxylic acids is 1. The lowest BCUT2D eigenvalue weighted by atomic mass is 10.1. The minimum Gasteiger partial charge on any atom is -0.338 e.